The molecule has 0 saturated carbocycles. The van der Waals surface area contributed by atoms with E-state index in [1.165, 1.54) is 19.1 Å². The van der Waals surface area contributed by atoms with E-state index < -0.39 is 4.92 Å². The molecule has 0 aliphatic rings. The first-order chi connectivity index (χ1) is 11.5. The SMILES string of the molecule is CC(=O)Nc1ccc(/C(C)=N/OCc2cccc([N+](=O)[O-])c2)cc1. The average molecular weight is 327 g/mol. The standard InChI is InChI=1S/C17H17N3O4/c1-12(15-6-8-16(9-7-15)18-13(2)21)19-24-11-14-4-3-5-17(10-14)20(22)23/h3-10H,11H2,1-2H3,(H,18,21)/b19-12+. The smallest absolute Gasteiger partial charge is 0.269 e. The van der Waals surface area contributed by atoms with Crippen LogP contribution in [0, 0.1) is 10.1 Å². The van der Waals surface area contributed by atoms with Gasteiger partial charge >= 0.3 is 0 Å². The summed E-state index contributed by atoms with van der Waals surface area (Å²) in [7, 11) is 0. The summed E-state index contributed by atoms with van der Waals surface area (Å²) in [5, 5.41) is 17.4. The van der Waals surface area contributed by atoms with Crippen molar-refractivity contribution in [2.75, 3.05) is 5.32 Å². The molecule has 124 valence electrons. The highest BCUT2D eigenvalue weighted by atomic mass is 16.6. The van der Waals surface area contributed by atoms with Crippen LogP contribution < -0.4 is 5.32 Å². The third-order valence-electron chi connectivity index (χ3n) is 3.18. The minimum atomic E-state index is -0.450. The Morgan fingerprint density at radius 3 is 2.54 bits per heavy atom. The van der Waals surface area contributed by atoms with Crippen molar-refractivity contribution in [1.29, 1.82) is 0 Å². The highest BCUT2D eigenvalue weighted by Crippen LogP contribution is 2.14. The van der Waals surface area contributed by atoms with E-state index in [2.05, 4.69) is 10.5 Å². The molecule has 0 aliphatic heterocycles. The lowest BCUT2D eigenvalue weighted by Crippen LogP contribution is -2.06. The first-order valence-corrected chi connectivity index (χ1v) is 7.23. The van der Waals surface area contributed by atoms with Gasteiger partial charge in [-0.05, 0) is 30.2 Å². The number of benzene rings is 2. The fourth-order valence-corrected chi connectivity index (χ4v) is 2.01. The zero-order chi connectivity index (χ0) is 17.5. The van der Waals surface area contributed by atoms with E-state index >= 15 is 0 Å². The topological polar surface area (TPSA) is 93.8 Å². The number of anilines is 1. The highest BCUT2D eigenvalue weighted by molar-refractivity contribution is 5.99. The summed E-state index contributed by atoms with van der Waals surface area (Å²) in [6.45, 7) is 3.38. The maximum atomic E-state index is 11.0. The van der Waals surface area contributed by atoms with Gasteiger partial charge in [0.25, 0.3) is 5.69 Å². The summed E-state index contributed by atoms with van der Waals surface area (Å²) in [6.07, 6.45) is 0. The fraction of sp³-hybridized carbons (Fsp3) is 0.176. The lowest BCUT2D eigenvalue weighted by Gasteiger charge is -2.05. The number of nitrogens with zero attached hydrogens (tertiary/aromatic N) is 2. The number of amides is 1. The van der Waals surface area contributed by atoms with Crippen LogP contribution in [0.2, 0.25) is 0 Å². The largest absolute Gasteiger partial charge is 0.391 e. The molecule has 1 N–H and O–H groups in total. The Hall–Kier alpha value is -3.22. The lowest BCUT2D eigenvalue weighted by molar-refractivity contribution is -0.384. The van der Waals surface area contributed by atoms with Crippen molar-refractivity contribution in [2.45, 2.75) is 20.5 Å². The molecule has 0 heterocycles. The van der Waals surface area contributed by atoms with Crippen molar-refractivity contribution >= 4 is 23.0 Å². The Balaban J connectivity index is 1.97. The van der Waals surface area contributed by atoms with Gasteiger partial charge < -0.3 is 10.2 Å². The number of hydrogen-bond donors (Lipinski definition) is 1. The van der Waals surface area contributed by atoms with Gasteiger partial charge in [0.15, 0.2) is 0 Å². The summed E-state index contributed by atoms with van der Waals surface area (Å²) in [5.41, 5.74) is 2.90. The van der Waals surface area contributed by atoms with Gasteiger partial charge in [0, 0.05) is 24.7 Å². The second-order valence-corrected chi connectivity index (χ2v) is 5.14. The number of nitro benzene ring substituents is 1. The summed E-state index contributed by atoms with van der Waals surface area (Å²) >= 11 is 0. The molecule has 0 aromatic heterocycles. The normalized spacial score (nSPS) is 11.0. The van der Waals surface area contributed by atoms with Crippen LogP contribution in [0.1, 0.15) is 25.0 Å². The molecule has 7 nitrogen and oxygen atoms in total. The van der Waals surface area contributed by atoms with Crippen LogP contribution in [0.15, 0.2) is 53.7 Å². The van der Waals surface area contributed by atoms with Crippen LogP contribution in [-0.2, 0) is 16.2 Å². The Labute approximate surface area is 139 Å². The van der Waals surface area contributed by atoms with Crippen molar-refractivity contribution in [3.05, 3.63) is 69.8 Å². The summed E-state index contributed by atoms with van der Waals surface area (Å²) in [4.78, 5) is 26.5. The quantitative estimate of drug-likeness (QED) is 0.499. The van der Waals surface area contributed by atoms with Gasteiger partial charge in [-0.3, -0.25) is 14.9 Å². The van der Waals surface area contributed by atoms with E-state index in [9.17, 15) is 14.9 Å². The molecule has 0 bridgehead atoms. The highest BCUT2D eigenvalue weighted by Gasteiger charge is 2.06. The van der Waals surface area contributed by atoms with Crippen LogP contribution in [0.4, 0.5) is 11.4 Å². The molecule has 2 rings (SSSR count). The predicted octanol–water partition coefficient (Wildman–Crippen LogP) is 3.49. The summed E-state index contributed by atoms with van der Waals surface area (Å²) < 4.78 is 0. The van der Waals surface area contributed by atoms with Gasteiger partial charge in [0.05, 0.1) is 10.6 Å². The molecule has 0 aliphatic carbocycles. The number of nitro groups is 1. The predicted molar refractivity (Wildman–Crippen MR) is 90.8 cm³/mol. The molecular weight excluding hydrogens is 310 g/mol. The van der Waals surface area contributed by atoms with Crippen LogP contribution in [0.25, 0.3) is 0 Å². The van der Waals surface area contributed by atoms with Gasteiger partial charge in [0.1, 0.15) is 6.61 Å². The van der Waals surface area contributed by atoms with E-state index in [-0.39, 0.29) is 18.2 Å². The van der Waals surface area contributed by atoms with Crippen LogP contribution in [0.5, 0.6) is 0 Å². The minimum absolute atomic E-state index is 0.0189. The third kappa shape index (κ3) is 4.91. The van der Waals surface area contributed by atoms with Crippen molar-refractivity contribution in [3.63, 3.8) is 0 Å². The molecule has 2 aromatic carbocycles. The maximum Gasteiger partial charge on any atom is 0.269 e. The average Bonchev–Trinajstić information content (AvgIpc) is 2.55. The van der Waals surface area contributed by atoms with Gasteiger partial charge in [-0.1, -0.05) is 29.4 Å². The van der Waals surface area contributed by atoms with Crippen LogP contribution in [-0.4, -0.2) is 16.5 Å². The molecule has 0 spiro atoms. The minimum Gasteiger partial charge on any atom is -0.391 e. The van der Waals surface area contributed by atoms with E-state index in [1.54, 1.807) is 31.2 Å². The van der Waals surface area contributed by atoms with E-state index in [0.29, 0.717) is 17.0 Å². The fourth-order valence-electron chi connectivity index (χ4n) is 2.01. The molecule has 0 radical (unpaired) electrons. The van der Waals surface area contributed by atoms with Gasteiger partial charge in [-0.15, -0.1) is 0 Å². The molecule has 7 heteroatoms. The van der Waals surface area contributed by atoms with Gasteiger partial charge in [-0.25, -0.2) is 0 Å². The Morgan fingerprint density at radius 2 is 1.92 bits per heavy atom. The molecular formula is C17H17N3O4. The van der Waals surface area contributed by atoms with Crippen molar-refractivity contribution in [2.24, 2.45) is 5.16 Å². The molecule has 0 fully saturated rings. The second kappa shape index (κ2) is 7.87. The third-order valence-corrected chi connectivity index (χ3v) is 3.18. The number of oxime groups is 1. The monoisotopic (exact) mass is 327 g/mol. The molecule has 1 amide bonds. The maximum absolute atomic E-state index is 11.0. The second-order valence-electron chi connectivity index (χ2n) is 5.14. The number of non-ortho nitro benzene ring substituents is 1. The summed E-state index contributed by atoms with van der Waals surface area (Å²) in [5.74, 6) is -0.131. The molecule has 0 unspecified atom stereocenters. The molecule has 0 atom stereocenters. The van der Waals surface area contributed by atoms with Gasteiger partial charge in [-0.2, -0.15) is 0 Å². The first kappa shape index (κ1) is 17.1. The van der Waals surface area contributed by atoms with Crippen LogP contribution in [0.3, 0.4) is 0 Å². The van der Waals surface area contributed by atoms with Crippen molar-refractivity contribution in [3.8, 4) is 0 Å². The van der Waals surface area contributed by atoms with Gasteiger partial charge in [0.2, 0.25) is 5.91 Å². The zero-order valence-corrected chi connectivity index (χ0v) is 13.4. The molecule has 24 heavy (non-hydrogen) atoms. The lowest BCUT2D eigenvalue weighted by atomic mass is 10.1. The van der Waals surface area contributed by atoms with Crippen molar-refractivity contribution in [1.82, 2.24) is 0 Å². The number of rotatable bonds is 6. The number of carbonyl (C=O) groups excluding carboxylic acids is 1. The Bertz CT molecular complexity index is 770. The Morgan fingerprint density at radius 1 is 1.21 bits per heavy atom. The number of carbonyl (C=O) groups is 1. The van der Waals surface area contributed by atoms with E-state index in [0.717, 1.165) is 5.56 Å². The summed E-state index contributed by atoms with van der Waals surface area (Å²) in [6, 6.07) is 13.4. The van der Waals surface area contributed by atoms with E-state index in [1.807, 2.05) is 12.1 Å². The molecule has 2 aromatic rings. The van der Waals surface area contributed by atoms with Crippen LogP contribution >= 0.6 is 0 Å². The zero-order valence-electron chi connectivity index (χ0n) is 13.4. The molecule has 0 saturated heterocycles. The number of nitrogens with one attached hydrogen (secondary N) is 1. The number of hydrogen-bond acceptors (Lipinski definition) is 5. The van der Waals surface area contributed by atoms with E-state index in [4.69, 9.17) is 4.84 Å². The van der Waals surface area contributed by atoms with Crippen molar-refractivity contribution < 1.29 is 14.6 Å². The Kier molecular flexibility index (Phi) is 5.62. The first-order valence-electron chi connectivity index (χ1n) is 7.23.